The molecule has 0 amide bonds. The lowest BCUT2D eigenvalue weighted by molar-refractivity contribution is -0.156. The van der Waals surface area contributed by atoms with E-state index in [1.807, 2.05) is 77.1 Å². The molecule has 0 aromatic heterocycles. The predicted molar refractivity (Wildman–Crippen MR) is 143 cm³/mol. The van der Waals surface area contributed by atoms with Gasteiger partial charge in [0.1, 0.15) is 18.8 Å². The summed E-state index contributed by atoms with van der Waals surface area (Å²) in [7, 11) is 0. The summed E-state index contributed by atoms with van der Waals surface area (Å²) in [5.74, 6) is -0.881. The smallest absolute Gasteiger partial charge is 0.325 e. The van der Waals surface area contributed by atoms with Crippen LogP contribution in [0.4, 0.5) is 5.69 Å². The minimum absolute atomic E-state index is 0.0329. The van der Waals surface area contributed by atoms with Crippen molar-refractivity contribution in [2.75, 3.05) is 18.5 Å². The number of fused-ring (bicyclic) bond motifs is 3. The van der Waals surface area contributed by atoms with Crippen LogP contribution in [0.15, 0.2) is 66.7 Å². The summed E-state index contributed by atoms with van der Waals surface area (Å²) < 4.78 is 11.4. The molecule has 0 aliphatic heterocycles. The van der Waals surface area contributed by atoms with E-state index in [9.17, 15) is 9.59 Å². The van der Waals surface area contributed by atoms with Gasteiger partial charge in [-0.05, 0) is 73.6 Å². The lowest BCUT2D eigenvalue weighted by Gasteiger charge is -2.25. The van der Waals surface area contributed by atoms with E-state index < -0.39 is 5.60 Å². The zero-order chi connectivity index (χ0) is 25.9. The first kappa shape index (κ1) is 25.5. The Morgan fingerprint density at radius 2 is 1.53 bits per heavy atom. The average Bonchev–Trinajstić information content (AvgIpc) is 3.16. The van der Waals surface area contributed by atoms with Crippen LogP contribution in [0, 0.1) is 6.92 Å². The molecular formula is C31H35NO4. The summed E-state index contributed by atoms with van der Waals surface area (Å²) >= 11 is 0. The van der Waals surface area contributed by atoms with Crippen molar-refractivity contribution in [2.24, 2.45) is 0 Å². The number of hydrogen-bond donors (Lipinski definition) is 1. The van der Waals surface area contributed by atoms with E-state index in [1.165, 1.54) is 22.3 Å². The van der Waals surface area contributed by atoms with Crippen molar-refractivity contribution in [1.82, 2.24) is 0 Å². The van der Waals surface area contributed by atoms with Crippen molar-refractivity contribution in [2.45, 2.75) is 58.5 Å². The second-order valence-corrected chi connectivity index (χ2v) is 10.3. The highest BCUT2D eigenvalue weighted by Crippen LogP contribution is 2.44. The van der Waals surface area contributed by atoms with Crippen molar-refractivity contribution in [3.05, 3.63) is 89.0 Å². The third kappa shape index (κ3) is 5.46. The molecule has 1 atom stereocenters. The fraction of sp³-hybridized carbons (Fsp3) is 0.355. The number of benzene rings is 3. The first-order chi connectivity index (χ1) is 17.2. The Bertz CT molecular complexity index is 1210. The van der Waals surface area contributed by atoms with Gasteiger partial charge in [0, 0.05) is 11.6 Å². The molecule has 0 heterocycles. The number of hydrogen-bond acceptors (Lipinski definition) is 5. The van der Waals surface area contributed by atoms with Crippen LogP contribution < -0.4 is 5.32 Å². The summed E-state index contributed by atoms with van der Waals surface area (Å²) in [6.07, 6.45) is 0.631. The number of anilines is 1. The Labute approximate surface area is 213 Å². The van der Waals surface area contributed by atoms with E-state index in [1.54, 1.807) is 0 Å². The van der Waals surface area contributed by atoms with Gasteiger partial charge in [0.15, 0.2) is 0 Å². The van der Waals surface area contributed by atoms with Crippen LogP contribution in [-0.4, -0.2) is 30.7 Å². The third-order valence-electron chi connectivity index (χ3n) is 6.65. The van der Waals surface area contributed by atoms with Crippen LogP contribution in [0.25, 0.3) is 11.1 Å². The monoisotopic (exact) mass is 485 g/mol. The lowest BCUT2D eigenvalue weighted by Crippen LogP contribution is -2.28. The molecule has 0 radical (unpaired) electrons. The normalized spacial score (nSPS) is 13.5. The van der Waals surface area contributed by atoms with Gasteiger partial charge in [0.25, 0.3) is 0 Å². The average molecular weight is 486 g/mol. The van der Waals surface area contributed by atoms with Gasteiger partial charge in [-0.15, -0.1) is 0 Å². The van der Waals surface area contributed by atoms with Crippen molar-refractivity contribution < 1.29 is 19.1 Å². The maximum absolute atomic E-state index is 12.8. The van der Waals surface area contributed by atoms with Crippen molar-refractivity contribution in [3.63, 3.8) is 0 Å². The quantitative estimate of drug-likeness (QED) is 0.364. The maximum atomic E-state index is 12.8. The molecule has 36 heavy (non-hydrogen) atoms. The van der Waals surface area contributed by atoms with Crippen LogP contribution in [0.5, 0.6) is 0 Å². The van der Waals surface area contributed by atoms with Crippen molar-refractivity contribution in [1.29, 1.82) is 0 Å². The molecular weight excluding hydrogens is 450 g/mol. The van der Waals surface area contributed by atoms with Crippen LogP contribution in [0.2, 0.25) is 0 Å². The minimum Gasteiger partial charge on any atom is -0.463 e. The first-order valence-electron chi connectivity index (χ1n) is 12.6. The highest BCUT2D eigenvalue weighted by Gasteiger charge is 2.29. The standard InChI is InChI=1S/C31H35NO4/c1-6-21(30(34)36-31(3,4)5)22-16-11-17-28(20(22)2)32-18-29(33)35-19-27-25-14-9-7-12-23(25)24-13-8-10-15-26(24)27/h7-17,21,27,32H,6,18-19H2,1-5H3. The first-order valence-corrected chi connectivity index (χ1v) is 12.6. The molecule has 4 rings (SSSR count). The van der Waals surface area contributed by atoms with Crippen LogP contribution in [0.3, 0.4) is 0 Å². The summed E-state index contributed by atoms with van der Waals surface area (Å²) in [4.78, 5) is 25.5. The maximum Gasteiger partial charge on any atom is 0.325 e. The molecule has 3 aromatic rings. The zero-order valence-corrected chi connectivity index (χ0v) is 21.8. The van der Waals surface area contributed by atoms with Gasteiger partial charge in [-0.1, -0.05) is 67.6 Å². The number of ether oxygens (including phenoxy) is 2. The molecule has 0 saturated carbocycles. The Morgan fingerprint density at radius 3 is 2.11 bits per heavy atom. The molecule has 188 valence electrons. The van der Waals surface area contributed by atoms with Crippen LogP contribution >= 0.6 is 0 Å². The molecule has 5 nitrogen and oxygen atoms in total. The number of rotatable bonds is 8. The molecule has 0 fully saturated rings. The molecule has 1 unspecified atom stereocenters. The van der Waals surface area contributed by atoms with Crippen LogP contribution in [-0.2, 0) is 19.1 Å². The fourth-order valence-electron chi connectivity index (χ4n) is 4.94. The summed E-state index contributed by atoms with van der Waals surface area (Å²) in [5.41, 5.74) is 6.89. The number of carbonyl (C=O) groups excluding carboxylic acids is 2. The van der Waals surface area contributed by atoms with E-state index in [0.717, 1.165) is 16.8 Å². The van der Waals surface area contributed by atoms with E-state index >= 15 is 0 Å². The molecule has 0 spiro atoms. The molecule has 0 saturated heterocycles. The van der Waals surface area contributed by atoms with Crippen molar-refractivity contribution in [3.8, 4) is 11.1 Å². The lowest BCUT2D eigenvalue weighted by atomic mass is 9.91. The fourth-order valence-corrected chi connectivity index (χ4v) is 4.94. The van der Waals surface area contributed by atoms with Crippen LogP contribution in [0.1, 0.15) is 68.2 Å². The molecule has 1 aliphatic carbocycles. The van der Waals surface area contributed by atoms with Gasteiger partial charge >= 0.3 is 11.9 Å². The van der Waals surface area contributed by atoms with E-state index in [0.29, 0.717) is 13.0 Å². The van der Waals surface area contributed by atoms with Gasteiger partial charge in [-0.3, -0.25) is 9.59 Å². The summed E-state index contributed by atoms with van der Waals surface area (Å²) in [5, 5.41) is 3.21. The summed E-state index contributed by atoms with van der Waals surface area (Å²) in [6.45, 7) is 9.89. The third-order valence-corrected chi connectivity index (χ3v) is 6.65. The van der Waals surface area contributed by atoms with E-state index in [2.05, 4.69) is 29.6 Å². The summed E-state index contributed by atoms with van der Waals surface area (Å²) in [6, 6.07) is 22.3. The Hall–Kier alpha value is -3.60. The number of nitrogens with one attached hydrogen (secondary N) is 1. The van der Waals surface area contributed by atoms with E-state index in [4.69, 9.17) is 9.47 Å². The highest BCUT2D eigenvalue weighted by atomic mass is 16.6. The van der Waals surface area contributed by atoms with E-state index in [-0.39, 0.29) is 30.3 Å². The van der Waals surface area contributed by atoms with Gasteiger partial charge < -0.3 is 14.8 Å². The number of esters is 2. The molecule has 1 N–H and O–H groups in total. The zero-order valence-electron chi connectivity index (χ0n) is 21.8. The highest BCUT2D eigenvalue weighted by molar-refractivity contribution is 5.81. The van der Waals surface area contributed by atoms with Gasteiger partial charge in [-0.25, -0.2) is 0 Å². The second kappa shape index (κ2) is 10.6. The van der Waals surface area contributed by atoms with Gasteiger partial charge in [0.05, 0.1) is 5.92 Å². The number of carbonyl (C=O) groups is 2. The Morgan fingerprint density at radius 1 is 0.917 bits per heavy atom. The van der Waals surface area contributed by atoms with Gasteiger partial charge in [-0.2, -0.15) is 0 Å². The molecule has 0 bridgehead atoms. The largest absolute Gasteiger partial charge is 0.463 e. The SMILES string of the molecule is CCC(C(=O)OC(C)(C)C)c1cccc(NCC(=O)OCC2c3ccccc3-c3ccccc32)c1C. The Balaban J connectivity index is 1.40. The molecule has 5 heteroatoms. The minimum atomic E-state index is -0.543. The second-order valence-electron chi connectivity index (χ2n) is 10.3. The topological polar surface area (TPSA) is 64.6 Å². The Kier molecular flexibility index (Phi) is 7.48. The molecule has 1 aliphatic rings. The van der Waals surface area contributed by atoms with Gasteiger partial charge in [0.2, 0.25) is 0 Å². The predicted octanol–water partition coefficient (Wildman–Crippen LogP) is 6.60. The molecule has 3 aromatic carbocycles. The van der Waals surface area contributed by atoms with Crippen molar-refractivity contribution >= 4 is 17.6 Å².